The molecule has 0 unspecified atom stereocenters. The molecule has 1 amide bonds. The van der Waals surface area contributed by atoms with Crippen molar-refractivity contribution in [1.29, 1.82) is 5.26 Å². The van der Waals surface area contributed by atoms with Gasteiger partial charge in [-0.3, -0.25) is 4.40 Å². The molecule has 1 saturated heterocycles. The van der Waals surface area contributed by atoms with Crippen LogP contribution in [0.15, 0.2) is 36.5 Å². The second kappa shape index (κ2) is 10.8. The van der Waals surface area contributed by atoms with Crippen molar-refractivity contribution >= 4 is 11.7 Å². The van der Waals surface area contributed by atoms with Crippen molar-refractivity contribution in [1.82, 2.24) is 29.3 Å². The van der Waals surface area contributed by atoms with Gasteiger partial charge in [-0.05, 0) is 65.7 Å². The lowest BCUT2D eigenvalue weighted by molar-refractivity contribution is 0.0183. The number of likely N-dealkylation sites (tertiary alicyclic amines) is 1. The van der Waals surface area contributed by atoms with Crippen LogP contribution in [0.1, 0.15) is 69.6 Å². The molecule has 5 rings (SSSR count). The Balaban J connectivity index is 1.42. The molecule has 1 atom stereocenters. The highest BCUT2D eigenvalue weighted by molar-refractivity contribution is 5.69. The number of rotatable bonds is 5. The summed E-state index contributed by atoms with van der Waals surface area (Å²) in [7, 11) is 0. The van der Waals surface area contributed by atoms with Gasteiger partial charge in [0.05, 0.1) is 17.9 Å². The third-order valence-corrected chi connectivity index (χ3v) is 7.05. The third-order valence-electron chi connectivity index (χ3n) is 7.05. The van der Waals surface area contributed by atoms with Gasteiger partial charge in [-0.15, -0.1) is 5.10 Å². The SMILES string of the molecule is Cc1c(-c2cc(O[C@H](C)c3ccc(F)cc3F)n3c(C#N)cnc3c2)nnn1C1CCN(C(=O)OC(C)(C)C)CC1. The topological polar surface area (TPSA) is 111 Å². The normalized spacial score (nSPS) is 15.1. The minimum Gasteiger partial charge on any atom is -0.471 e. The number of hydrogen-bond acceptors (Lipinski definition) is 7. The zero-order chi connectivity index (χ0) is 29.5. The lowest BCUT2D eigenvalue weighted by Gasteiger charge is -2.33. The number of imidazole rings is 1. The van der Waals surface area contributed by atoms with E-state index in [4.69, 9.17) is 9.47 Å². The van der Waals surface area contributed by atoms with E-state index in [1.165, 1.54) is 22.7 Å². The van der Waals surface area contributed by atoms with Crippen LogP contribution in [0, 0.1) is 29.9 Å². The molecular formula is C29H31F2N7O3. The molecule has 1 fully saturated rings. The molecule has 12 heteroatoms. The first-order valence-electron chi connectivity index (χ1n) is 13.4. The fourth-order valence-corrected chi connectivity index (χ4v) is 5.03. The summed E-state index contributed by atoms with van der Waals surface area (Å²) in [6, 6.07) is 8.94. The summed E-state index contributed by atoms with van der Waals surface area (Å²) in [5.41, 5.74) is 2.39. The van der Waals surface area contributed by atoms with Gasteiger partial charge >= 0.3 is 6.09 Å². The average molecular weight is 564 g/mol. The summed E-state index contributed by atoms with van der Waals surface area (Å²) in [6.45, 7) is 10.2. The summed E-state index contributed by atoms with van der Waals surface area (Å²) >= 11 is 0. The predicted molar refractivity (Wildman–Crippen MR) is 145 cm³/mol. The minimum atomic E-state index is -0.796. The van der Waals surface area contributed by atoms with E-state index in [1.807, 2.05) is 32.4 Å². The first-order valence-corrected chi connectivity index (χ1v) is 13.4. The number of piperidine rings is 1. The Bertz CT molecular complexity index is 1640. The van der Waals surface area contributed by atoms with Crippen molar-refractivity contribution in [2.24, 2.45) is 0 Å². The molecule has 1 aromatic carbocycles. The van der Waals surface area contributed by atoms with Crippen molar-refractivity contribution in [3.63, 3.8) is 0 Å². The number of carbonyl (C=O) groups excluding carboxylic acids is 1. The largest absolute Gasteiger partial charge is 0.471 e. The number of ether oxygens (including phenoxy) is 2. The van der Waals surface area contributed by atoms with E-state index in [9.17, 15) is 18.8 Å². The molecule has 0 aliphatic carbocycles. The molecule has 1 aliphatic heterocycles. The summed E-state index contributed by atoms with van der Waals surface area (Å²) < 4.78 is 43.0. The van der Waals surface area contributed by atoms with Crippen LogP contribution in [0.2, 0.25) is 0 Å². The van der Waals surface area contributed by atoms with Gasteiger partial charge < -0.3 is 14.4 Å². The van der Waals surface area contributed by atoms with Gasteiger partial charge in [0.15, 0.2) is 0 Å². The Labute approximate surface area is 236 Å². The molecule has 0 saturated carbocycles. The Hall–Kier alpha value is -4.53. The second-order valence-electron chi connectivity index (χ2n) is 11.1. The Morgan fingerprint density at radius 1 is 1.17 bits per heavy atom. The molecule has 0 bridgehead atoms. The highest BCUT2D eigenvalue weighted by Crippen LogP contribution is 2.33. The van der Waals surface area contributed by atoms with Gasteiger partial charge in [0.1, 0.15) is 46.4 Å². The van der Waals surface area contributed by atoms with Gasteiger partial charge in [-0.2, -0.15) is 5.26 Å². The number of amides is 1. The van der Waals surface area contributed by atoms with Crippen LogP contribution in [-0.4, -0.2) is 54.1 Å². The molecule has 4 heterocycles. The Morgan fingerprint density at radius 3 is 2.56 bits per heavy atom. The van der Waals surface area contributed by atoms with E-state index in [-0.39, 0.29) is 29.3 Å². The van der Waals surface area contributed by atoms with Crippen LogP contribution in [0.4, 0.5) is 13.6 Å². The molecule has 214 valence electrons. The van der Waals surface area contributed by atoms with Crippen LogP contribution >= 0.6 is 0 Å². The smallest absolute Gasteiger partial charge is 0.410 e. The number of pyridine rings is 1. The fraction of sp³-hybridized carbons (Fsp3) is 0.414. The first-order chi connectivity index (χ1) is 19.4. The van der Waals surface area contributed by atoms with E-state index in [0.29, 0.717) is 42.8 Å². The molecule has 1 aliphatic rings. The maximum absolute atomic E-state index is 14.5. The first kappa shape index (κ1) is 28.0. The van der Waals surface area contributed by atoms with E-state index in [1.54, 1.807) is 24.0 Å². The average Bonchev–Trinajstić information content (AvgIpc) is 3.51. The van der Waals surface area contributed by atoms with Crippen LogP contribution in [0.3, 0.4) is 0 Å². The Morgan fingerprint density at radius 2 is 1.90 bits per heavy atom. The zero-order valence-electron chi connectivity index (χ0n) is 23.6. The van der Waals surface area contributed by atoms with E-state index in [0.717, 1.165) is 11.8 Å². The summed E-state index contributed by atoms with van der Waals surface area (Å²) in [4.78, 5) is 18.5. The third kappa shape index (κ3) is 5.70. The predicted octanol–water partition coefficient (Wildman–Crippen LogP) is 5.76. The number of benzene rings is 1. The lowest BCUT2D eigenvalue weighted by atomic mass is 10.0. The minimum absolute atomic E-state index is 0.0486. The zero-order valence-corrected chi connectivity index (χ0v) is 23.6. The molecule has 3 aromatic heterocycles. The van der Waals surface area contributed by atoms with E-state index < -0.39 is 23.3 Å². The maximum Gasteiger partial charge on any atom is 0.410 e. The molecule has 41 heavy (non-hydrogen) atoms. The van der Waals surface area contributed by atoms with Crippen molar-refractivity contribution in [3.05, 3.63) is 65.1 Å². The quantitative estimate of drug-likeness (QED) is 0.303. The number of nitriles is 1. The van der Waals surface area contributed by atoms with Crippen molar-refractivity contribution in [2.75, 3.05) is 13.1 Å². The van der Waals surface area contributed by atoms with Gasteiger partial charge in [-0.1, -0.05) is 5.21 Å². The van der Waals surface area contributed by atoms with Crippen LogP contribution in [0.5, 0.6) is 5.88 Å². The van der Waals surface area contributed by atoms with Crippen molar-refractivity contribution < 1.29 is 23.0 Å². The number of aromatic nitrogens is 5. The Kier molecular flexibility index (Phi) is 7.38. The van der Waals surface area contributed by atoms with Crippen molar-refractivity contribution in [2.45, 2.75) is 65.2 Å². The lowest BCUT2D eigenvalue weighted by Crippen LogP contribution is -2.42. The van der Waals surface area contributed by atoms with Gasteiger partial charge in [0, 0.05) is 36.3 Å². The summed E-state index contributed by atoms with van der Waals surface area (Å²) in [5.74, 6) is -1.16. The number of halogens is 2. The number of nitrogens with zero attached hydrogens (tertiary/aromatic N) is 7. The molecule has 0 radical (unpaired) electrons. The van der Waals surface area contributed by atoms with E-state index >= 15 is 0 Å². The van der Waals surface area contributed by atoms with Crippen LogP contribution in [0.25, 0.3) is 16.9 Å². The maximum atomic E-state index is 14.5. The molecule has 0 N–H and O–H groups in total. The molecular weight excluding hydrogens is 532 g/mol. The van der Waals surface area contributed by atoms with Crippen LogP contribution < -0.4 is 4.74 Å². The monoisotopic (exact) mass is 563 g/mol. The summed E-state index contributed by atoms with van der Waals surface area (Å²) in [5, 5.41) is 18.5. The molecule has 10 nitrogen and oxygen atoms in total. The standard InChI is InChI=1S/C29H31F2N7O3/c1-17-27(34-35-38(17)21-8-10-36(11-9-21)28(39)41-29(3,4)5)19-12-25-33-16-22(15-32)37(25)26(13-19)40-18(2)23-7-6-20(30)14-24(23)31/h6-7,12-14,16,18,21H,8-11H2,1-5H3/t18-/m1/s1. The van der Waals surface area contributed by atoms with Crippen LogP contribution in [-0.2, 0) is 4.74 Å². The van der Waals surface area contributed by atoms with E-state index in [2.05, 4.69) is 21.4 Å². The second-order valence-corrected chi connectivity index (χ2v) is 11.1. The number of fused-ring (bicyclic) bond motifs is 1. The highest BCUT2D eigenvalue weighted by atomic mass is 19.1. The number of carbonyl (C=O) groups is 1. The highest BCUT2D eigenvalue weighted by Gasteiger charge is 2.29. The van der Waals surface area contributed by atoms with Gasteiger partial charge in [0.25, 0.3) is 0 Å². The summed E-state index contributed by atoms with van der Waals surface area (Å²) in [6.07, 6.45) is 1.71. The fourth-order valence-electron chi connectivity index (χ4n) is 5.03. The number of hydrogen-bond donors (Lipinski definition) is 0. The molecule has 0 spiro atoms. The van der Waals surface area contributed by atoms with Gasteiger partial charge in [0.2, 0.25) is 5.88 Å². The molecule has 4 aromatic rings. The van der Waals surface area contributed by atoms with Crippen molar-refractivity contribution in [3.8, 4) is 23.2 Å². The van der Waals surface area contributed by atoms with Gasteiger partial charge in [-0.25, -0.2) is 23.2 Å².